The van der Waals surface area contributed by atoms with Gasteiger partial charge >= 0.3 is 0 Å². The summed E-state index contributed by atoms with van der Waals surface area (Å²) in [5.41, 5.74) is 2.02. The molecule has 0 saturated carbocycles. The lowest BCUT2D eigenvalue weighted by atomic mass is 9.93. The van der Waals surface area contributed by atoms with Gasteiger partial charge in [-0.25, -0.2) is 0 Å². The molecule has 1 unspecified atom stereocenters. The molecule has 1 atom stereocenters. The van der Waals surface area contributed by atoms with Crippen LogP contribution in [-0.2, 0) is 0 Å². The van der Waals surface area contributed by atoms with E-state index < -0.39 is 0 Å². The van der Waals surface area contributed by atoms with Crippen LogP contribution < -0.4 is 14.8 Å². The van der Waals surface area contributed by atoms with Crippen LogP contribution in [0.25, 0.3) is 0 Å². The molecule has 22 heavy (non-hydrogen) atoms. The Bertz CT molecular complexity index is 738. The lowest BCUT2D eigenvalue weighted by Crippen LogP contribution is -2.24. The predicted molar refractivity (Wildman–Crippen MR) is 80.7 cm³/mol. The fourth-order valence-corrected chi connectivity index (χ4v) is 3.03. The minimum atomic E-state index is 0.0422. The number of carbonyl (C=O) groups excluding carboxylic acids is 1. The number of fused-ring (bicyclic) bond motifs is 2. The van der Waals surface area contributed by atoms with Gasteiger partial charge in [0.2, 0.25) is 6.79 Å². The molecule has 0 bridgehead atoms. The first kappa shape index (κ1) is 13.2. The number of carbonyl (C=O) groups is 1. The van der Waals surface area contributed by atoms with Crippen LogP contribution in [0.4, 0.5) is 5.82 Å². The normalized spacial score (nSPS) is 17.0. The van der Waals surface area contributed by atoms with Crippen molar-refractivity contribution in [1.29, 1.82) is 0 Å². The molecule has 6 nitrogen and oxygen atoms in total. The van der Waals surface area contributed by atoms with Gasteiger partial charge in [-0.3, -0.25) is 4.79 Å². The maximum Gasteiger partial charge on any atom is 0.250 e. The topological polar surface area (TPSA) is 65.4 Å². The van der Waals surface area contributed by atoms with Crippen LogP contribution in [0.2, 0.25) is 0 Å². The summed E-state index contributed by atoms with van der Waals surface area (Å²) in [4.78, 5) is 11.9. The summed E-state index contributed by atoms with van der Waals surface area (Å²) in [5, 5.41) is 7.73. The first-order chi connectivity index (χ1) is 10.8. The lowest BCUT2D eigenvalue weighted by molar-refractivity contribution is 0.0886. The standard InChI is InChI=1S/C16H17N3O3/c1-2-11(10-3-4-13-14(7-10)22-9-21-13)12-8-15-17-6-5-16(20)19(15)18-12/h3-4,7-8,11,17H,2,5-6,9H2,1H3. The molecular weight excluding hydrogens is 282 g/mol. The van der Waals surface area contributed by atoms with Crippen LogP contribution >= 0.6 is 0 Å². The number of nitrogens with one attached hydrogen (secondary N) is 1. The Balaban J connectivity index is 1.72. The van der Waals surface area contributed by atoms with Gasteiger partial charge in [-0.05, 0) is 24.1 Å². The van der Waals surface area contributed by atoms with Crippen LogP contribution in [0.1, 0.15) is 41.7 Å². The molecule has 0 radical (unpaired) electrons. The van der Waals surface area contributed by atoms with Gasteiger partial charge in [0.05, 0.1) is 5.69 Å². The highest BCUT2D eigenvalue weighted by molar-refractivity contribution is 5.83. The van der Waals surface area contributed by atoms with Gasteiger partial charge in [-0.1, -0.05) is 13.0 Å². The van der Waals surface area contributed by atoms with Crippen LogP contribution in [0.15, 0.2) is 24.3 Å². The van der Waals surface area contributed by atoms with Gasteiger partial charge in [0.1, 0.15) is 5.82 Å². The van der Waals surface area contributed by atoms with Crippen molar-refractivity contribution in [1.82, 2.24) is 9.78 Å². The quantitative estimate of drug-likeness (QED) is 0.943. The van der Waals surface area contributed by atoms with E-state index in [0.717, 1.165) is 35.0 Å². The van der Waals surface area contributed by atoms with Gasteiger partial charge < -0.3 is 14.8 Å². The first-order valence-electron chi connectivity index (χ1n) is 7.53. The summed E-state index contributed by atoms with van der Waals surface area (Å²) in [5.74, 6) is 2.50. The van der Waals surface area contributed by atoms with E-state index >= 15 is 0 Å². The smallest absolute Gasteiger partial charge is 0.250 e. The Morgan fingerprint density at radius 3 is 3.00 bits per heavy atom. The Kier molecular flexibility index (Phi) is 3.03. The van der Waals surface area contributed by atoms with Crippen LogP contribution in [0.3, 0.4) is 0 Å². The average Bonchev–Trinajstić information content (AvgIpc) is 3.14. The molecule has 1 aromatic heterocycles. The number of ether oxygens (including phenoxy) is 2. The highest BCUT2D eigenvalue weighted by Gasteiger charge is 2.24. The van der Waals surface area contributed by atoms with Crippen molar-refractivity contribution in [2.75, 3.05) is 18.7 Å². The van der Waals surface area contributed by atoms with E-state index in [1.54, 1.807) is 0 Å². The molecular formula is C16H17N3O3. The van der Waals surface area contributed by atoms with Crippen molar-refractivity contribution in [3.05, 3.63) is 35.5 Å². The average molecular weight is 299 g/mol. The number of benzene rings is 1. The van der Waals surface area contributed by atoms with E-state index in [4.69, 9.17) is 9.47 Å². The summed E-state index contributed by atoms with van der Waals surface area (Å²) in [6.07, 6.45) is 1.37. The number of rotatable bonds is 3. The van der Waals surface area contributed by atoms with Crippen LogP contribution in [0, 0.1) is 0 Å². The first-order valence-corrected chi connectivity index (χ1v) is 7.53. The number of anilines is 1. The summed E-state index contributed by atoms with van der Waals surface area (Å²) in [6, 6.07) is 7.94. The van der Waals surface area contributed by atoms with Crippen molar-refractivity contribution in [2.45, 2.75) is 25.7 Å². The zero-order valence-corrected chi connectivity index (χ0v) is 12.3. The van der Waals surface area contributed by atoms with E-state index in [1.165, 1.54) is 4.68 Å². The zero-order valence-electron chi connectivity index (χ0n) is 12.3. The lowest BCUT2D eigenvalue weighted by Gasteiger charge is -2.13. The molecule has 0 fully saturated rings. The third kappa shape index (κ3) is 2.03. The molecule has 1 aromatic carbocycles. The highest BCUT2D eigenvalue weighted by atomic mass is 16.7. The minimum Gasteiger partial charge on any atom is -0.454 e. The largest absolute Gasteiger partial charge is 0.454 e. The highest BCUT2D eigenvalue weighted by Crippen LogP contribution is 2.37. The van der Waals surface area contributed by atoms with Gasteiger partial charge in [0.15, 0.2) is 11.5 Å². The minimum absolute atomic E-state index is 0.0422. The third-order valence-electron chi connectivity index (χ3n) is 4.17. The van der Waals surface area contributed by atoms with E-state index in [9.17, 15) is 4.79 Å². The monoisotopic (exact) mass is 299 g/mol. The van der Waals surface area contributed by atoms with Crippen molar-refractivity contribution >= 4 is 11.7 Å². The van der Waals surface area contributed by atoms with Gasteiger partial charge in [-0.15, -0.1) is 0 Å². The van der Waals surface area contributed by atoms with Crippen LogP contribution in [-0.4, -0.2) is 29.0 Å². The summed E-state index contributed by atoms with van der Waals surface area (Å²) in [7, 11) is 0. The SMILES string of the molecule is CCC(c1ccc2c(c1)OCO2)c1cc2n(n1)C(=O)CCN2. The molecule has 0 spiro atoms. The van der Waals surface area contributed by atoms with Gasteiger partial charge in [-0.2, -0.15) is 9.78 Å². The second-order valence-corrected chi connectivity index (χ2v) is 5.51. The summed E-state index contributed by atoms with van der Waals surface area (Å²) in [6.45, 7) is 3.06. The number of hydrogen-bond donors (Lipinski definition) is 1. The molecule has 2 aromatic rings. The van der Waals surface area contributed by atoms with Crippen molar-refractivity contribution in [2.24, 2.45) is 0 Å². The van der Waals surface area contributed by atoms with E-state index in [0.29, 0.717) is 13.0 Å². The number of aromatic nitrogens is 2. The molecule has 114 valence electrons. The summed E-state index contributed by atoms with van der Waals surface area (Å²) >= 11 is 0. The molecule has 3 heterocycles. The van der Waals surface area contributed by atoms with Crippen LogP contribution in [0.5, 0.6) is 11.5 Å². The molecule has 6 heteroatoms. The number of hydrogen-bond acceptors (Lipinski definition) is 5. The van der Waals surface area contributed by atoms with Gasteiger partial charge in [0, 0.05) is 24.9 Å². The second kappa shape index (κ2) is 5.05. The molecule has 1 N–H and O–H groups in total. The van der Waals surface area contributed by atoms with Gasteiger partial charge in [0.25, 0.3) is 5.91 Å². The molecule has 0 saturated heterocycles. The fourth-order valence-electron chi connectivity index (χ4n) is 3.03. The fraction of sp³-hybridized carbons (Fsp3) is 0.375. The molecule has 0 aliphatic carbocycles. The van der Waals surface area contributed by atoms with Crippen molar-refractivity contribution in [3.8, 4) is 11.5 Å². The number of nitrogens with zero attached hydrogens (tertiary/aromatic N) is 2. The molecule has 2 aliphatic heterocycles. The van der Waals surface area contributed by atoms with Crippen molar-refractivity contribution in [3.63, 3.8) is 0 Å². The Morgan fingerprint density at radius 2 is 2.18 bits per heavy atom. The third-order valence-corrected chi connectivity index (χ3v) is 4.17. The second-order valence-electron chi connectivity index (χ2n) is 5.51. The molecule has 4 rings (SSSR count). The molecule has 2 aliphatic rings. The van der Waals surface area contributed by atoms with E-state index in [-0.39, 0.29) is 18.6 Å². The van der Waals surface area contributed by atoms with E-state index in [1.807, 2.05) is 24.3 Å². The maximum atomic E-state index is 11.9. The Hall–Kier alpha value is -2.50. The maximum absolute atomic E-state index is 11.9. The Labute approximate surface area is 128 Å². The summed E-state index contributed by atoms with van der Waals surface area (Å²) < 4.78 is 12.3. The zero-order chi connectivity index (χ0) is 15.1. The van der Waals surface area contributed by atoms with Crippen molar-refractivity contribution < 1.29 is 14.3 Å². The Morgan fingerprint density at radius 1 is 1.32 bits per heavy atom. The predicted octanol–water partition coefficient (Wildman–Crippen LogP) is 2.61. The van der Waals surface area contributed by atoms with E-state index in [2.05, 4.69) is 17.3 Å². The molecule has 0 amide bonds.